The Morgan fingerprint density at radius 3 is 2.85 bits per heavy atom. The molecule has 1 aromatic rings. The second kappa shape index (κ2) is 7.80. The van der Waals surface area contributed by atoms with Crippen molar-refractivity contribution in [2.75, 3.05) is 13.7 Å². The molecule has 1 saturated heterocycles. The highest BCUT2D eigenvalue weighted by Crippen LogP contribution is 2.25. The van der Waals surface area contributed by atoms with Crippen molar-refractivity contribution in [3.8, 4) is 0 Å². The summed E-state index contributed by atoms with van der Waals surface area (Å²) in [7, 11) is 2.06. The van der Waals surface area contributed by atoms with E-state index in [0.29, 0.717) is 18.1 Å². The van der Waals surface area contributed by atoms with Crippen LogP contribution in [0.5, 0.6) is 0 Å². The van der Waals surface area contributed by atoms with E-state index in [1.807, 2.05) is 0 Å². The smallest absolute Gasteiger partial charge is 0.0576 e. The minimum Gasteiger partial charge on any atom is -0.378 e. The standard InChI is InChI=1S/C18H29NO/c1-14(2)12-15-6-4-7-16(13-15)18(19-3)10-9-17-8-5-11-20-17/h4,6-7,13-14,17-19H,5,8-12H2,1-3H3. The summed E-state index contributed by atoms with van der Waals surface area (Å²) in [5.41, 5.74) is 2.87. The zero-order valence-corrected chi connectivity index (χ0v) is 13.2. The molecule has 0 spiro atoms. The SMILES string of the molecule is CNC(CCC1CCCO1)c1cccc(CC(C)C)c1. The van der Waals surface area contributed by atoms with Gasteiger partial charge in [-0.1, -0.05) is 38.1 Å². The molecule has 0 radical (unpaired) electrons. The molecule has 0 saturated carbocycles. The van der Waals surface area contributed by atoms with Gasteiger partial charge in [0.05, 0.1) is 6.10 Å². The van der Waals surface area contributed by atoms with Crippen LogP contribution in [0.2, 0.25) is 0 Å². The molecular weight excluding hydrogens is 246 g/mol. The number of nitrogens with one attached hydrogen (secondary N) is 1. The van der Waals surface area contributed by atoms with E-state index in [1.165, 1.54) is 30.4 Å². The lowest BCUT2D eigenvalue weighted by Gasteiger charge is -2.19. The Morgan fingerprint density at radius 1 is 1.35 bits per heavy atom. The molecule has 0 bridgehead atoms. The van der Waals surface area contributed by atoms with Crippen molar-refractivity contribution in [3.05, 3.63) is 35.4 Å². The highest BCUT2D eigenvalue weighted by atomic mass is 16.5. The monoisotopic (exact) mass is 275 g/mol. The van der Waals surface area contributed by atoms with E-state index in [4.69, 9.17) is 4.74 Å². The summed E-state index contributed by atoms with van der Waals surface area (Å²) in [5.74, 6) is 0.713. The predicted octanol–water partition coefficient (Wildman–Crippen LogP) is 4.10. The van der Waals surface area contributed by atoms with Crippen LogP contribution in [0.15, 0.2) is 24.3 Å². The Kier molecular flexibility index (Phi) is 6.06. The Balaban J connectivity index is 1.95. The second-order valence-electron chi connectivity index (χ2n) is 6.40. The van der Waals surface area contributed by atoms with Crippen LogP contribution in [0.3, 0.4) is 0 Å². The van der Waals surface area contributed by atoms with Crippen LogP contribution in [-0.2, 0) is 11.2 Å². The van der Waals surface area contributed by atoms with Crippen molar-refractivity contribution in [2.45, 2.75) is 58.1 Å². The van der Waals surface area contributed by atoms with E-state index in [1.54, 1.807) is 0 Å². The molecule has 1 aromatic carbocycles. The molecular formula is C18H29NO. The van der Waals surface area contributed by atoms with Crippen molar-refractivity contribution in [1.82, 2.24) is 5.32 Å². The zero-order valence-electron chi connectivity index (χ0n) is 13.2. The first-order valence-corrected chi connectivity index (χ1v) is 8.06. The van der Waals surface area contributed by atoms with Crippen LogP contribution in [-0.4, -0.2) is 19.8 Å². The van der Waals surface area contributed by atoms with Crippen LogP contribution in [0.4, 0.5) is 0 Å². The third-order valence-electron chi connectivity index (χ3n) is 4.15. The van der Waals surface area contributed by atoms with Crippen molar-refractivity contribution >= 4 is 0 Å². The molecule has 1 fully saturated rings. The molecule has 2 heteroatoms. The van der Waals surface area contributed by atoms with Gasteiger partial charge in [-0.3, -0.25) is 0 Å². The maximum Gasteiger partial charge on any atom is 0.0576 e. The molecule has 2 rings (SSSR count). The normalized spacial score (nSPS) is 20.5. The lowest BCUT2D eigenvalue weighted by atomic mass is 9.95. The van der Waals surface area contributed by atoms with Gasteiger partial charge in [-0.25, -0.2) is 0 Å². The molecule has 112 valence electrons. The molecule has 2 nitrogen and oxygen atoms in total. The third-order valence-corrected chi connectivity index (χ3v) is 4.15. The fraction of sp³-hybridized carbons (Fsp3) is 0.667. The van der Waals surface area contributed by atoms with E-state index in [9.17, 15) is 0 Å². The summed E-state index contributed by atoms with van der Waals surface area (Å²) < 4.78 is 5.73. The molecule has 2 unspecified atom stereocenters. The van der Waals surface area contributed by atoms with Gasteiger partial charge >= 0.3 is 0 Å². The largest absolute Gasteiger partial charge is 0.378 e. The van der Waals surface area contributed by atoms with Crippen LogP contribution in [0.25, 0.3) is 0 Å². The number of hydrogen-bond donors (Lipinski definition) is 1. The number of hydrogen-bond acceptors (Lipinski definition) is 2. The molecule has 1 aliphatic heterocycles. The Bertz CT molecular complexity index is 396. The first-order valence-electron chi connectivity index (χ1n) is 8.06. The van der Waals surface area contributed by atoms with Crippen LogP contribution >= 0.6 is 0 Å². The first-order chi connectivity index (χ1) is 9.69. The fourth-order valence-electron chi connectivity index (χ4n) is 3.11. The summed E-state index contributed by atoms with van der Waals surface area (Å²) in [6.07, 6.45) is 6.45. The van der Waals surface area contributed by atoms with Crippen LogP contribution in [0.1, 0.15) is 56.7 Å². The number of rotatable bonds is 7. The Morgan fingerprint density at radius 2 is 2.20 bits per heavy atom. The molecule has 1 heterocycles. The highest BCUT2D eigenvalue weighted by Gasteiger charge is 2.18. The van der Waals surface area contributed by atoms with Crippen molar-refractivity contribution < 1.29 is 4.74 Å². The van der Waals surface area contributed by atoms with Gasteiger partial charge in [0.25, 0.3) is 0 Å². The third kappa shape index (κ3) is 4.60. The van der Waals surface area contributed by atoms with Gasteiger partial charge in [0, 0.05) is 12.6 Å². The van der Waals surface area contributed by atoms with Gasteiger partial charge in [-0.15, -0.1) is 0 Å². The van der Waals surface area contributed by atoms with Gasteiger partial charge in [0.2, 0.25) is 0 Å². The predicted molar refractivity (Wildman–Crippen MR) is 85.0 cm³/mol. The maximum atomic E-state index is 5.73. The van der Waals surface area contributed by atoms with E-state index in [2.05, 4.69) is 50.5 Å². The quantitative estimate of drug-likeness (QED) is 0.808. The van der Waals surface area contributed by atoms with Crippen molar-refractivity contribution in [2.24, 2.45) is 5.92 Å². The molecule has 1 N–H and O–H groups in total. The molecule has 2 atom stereocenters. The van der Waals surface area contributed by atoms with Crippen LogP contribution < -0.4 is 5.32 Å². The zero-order chi connectivity index (χ0) is 14.4. The first kappa shape index (κ1) is 15.5. The molecule has 0 aliphatic carbocycles. The Labute approximate surface area is 123 Å². The lowest BCUT2D eigenvalue weighted by molar-refractivity contribution is 0.0998. The van der Waals surface area contributed by atoms with E-state index >= 15 is 0 Å². The molecule has 0 aromatic heterocycles. The topological polar surface area (TPSA) is 21.3 Å². The fourth-order valence-corrected chi connectivity index (χ4v) is 3.11. The van der Waals surface area contributed by atoms with Gasteiger partial charge in [-0.2, -0.15) is 0 Å². The van der Waals surface area contributed by atoms with E-state index in [0.717, 1.165) is 19.4 Å². The average Bonchev–Trinajstić information content (AvgIpc) is 2.92. The minimum absolute atomic E-state index is 0.450. The average molecular weight is 275 g/mol. The molecule has 20 heavy (non-hydrogen) atoms. The second-order valence-corrected chi connectivity index (χ2v) is 6.40. The molecule has 1 aliphatic rings. The minimum atomic E-state index is 0.450. The summed E-state index contributed by atoms with van der Waals surface area (Å²) in [5, 5.41) is 3.47. The van der Waals surface area contributed by atoms with Crippen molar-refractivity contribution in [1.29, 1.82) is 0 Å². The molecule has 0 amide bonds. The Hall–Kier alpha value is -0.860. The number of ether oxygens (including phenoxy) is 1. The van der Waals surface area contributed by atoms with Gasteiger partial charge in [-0.05, 0) is 56.2 Å². The number of benzene rings is 1. The van der Waals surface area contributed by atoms with E-state index in [-0.39, 0.29) is 0 Å². The van der Waals surface area contributed by atoms with Crippen LogP contribution in [0, 0.1) is 5.92 Å². The highest BCUT2D eigenvalue weighted by molar-refractivity contribution is 5.26. The van der Waals surface area contributed by atoms with Crippen molar-refractivity contribution in [3.63, 3.8) is 0 Å². The van der Waals surface area contributed by atoms with Gasteiger partial charge in [0.15, 0.2) is 0 Å². The van der Waals surface area contributed by atoms with Gasteiger partial charge < -0.3 is 10.1 Å². The maximum absolute atomic E-state index is 5.73. The lowest BCUT2D eigenvalue weighted by Crippen LogP contribution is -2.19. The van der Waals surface area contributed by atoms with Gasteiger partial charge in [0.1, 0.15) is 0 Å². The summed E-state index contributed by atoms with van der Waals surface area (Å²) >= 11 is 0. The summed E-state index contributed by atoms with van der Waals surface area (Å²) in [6, 6.07) is 9.52. The summed E-state index contributed by atoms with van der Waals surface area (Å²) in [6.45, 7) is 5.51. The summed E-state index contributed by atoms with van der Waals surface area (Å²) in [4.78, 5) is 0. The van der Waals surface area contributed by atoms with E-state index < -0.39 is 0 Å².